The molecule has 2 aromatic carbocycles. The van der Waals surface area contributed by atoms with E-state index in [2.05, 4.69) is 72.0 Å². The fraction of sp³-hybridized carbons (Fsp3) is 0.278. The molecule has 0 unspecified atom stereocenters. The Hall–Kier alpha value is -1.60. The lowest BCUT2D eigenvalue weighted by atomic mass is 9.95. The molecular weight excluding hydrogens is 230 g/mol. The van der Waals surface area contributed by atoms with Crippen molar-refractivity contribution in [3.8, 4) is 0 Å². The molecule has 0 amide bonds. The van der Waals surface area contributed by atoms with Crippen molar-refractivity contribution in [3.63, 3.8) is 0 Å². The molecule has 0 N–H and O–H groups in total. The number of piperidine rings is 1. The summed E-state index contributed by atoms with van der Waals surface area (Å²) in [5, 5.41) is 0. The highest BCUT2D eigenvalue weighted by Gasteiger charge is 2.23. The minimum absolute atomic E-state index is 0.388. The van der Waals surface area contributed by atoms with Crippen molar-refractivity contribution in [1.82, 2.24) is 4.90 Å². The molecule has 1 saturated heterocycles. The molecule has 1 aliphatic rings. The van der Waals surface area contributed by atoms with E-state index in [0.717, 1.165) is 6.54 Å². The summed E-state index contributed by atoms with van der Waals surface area (Å²) < 4.78 is 0. The number of likely N-dealkylation sites (tertiary alicyclic amines) is 1. The average Bonchev–Trinajstić information content (AvgIpc) is 2.51. The second-order valence-corrected chi connectivity index (χ2v) is 5.15. The van der Waals surface area contributed by atoms with Gasteiger partial charge in [0.25, 0.3) is 0 Å². The van der Waals surface area contributed by atoms with Crippen molar-refractivity contribution < 1.29 is 0 Å². The van der Waals surface area contributed by atoms with Gasteiger partial charge in [-0.15, -0.1) is 0 Å². The molecule has 0 aliphatic carbocycles. The van der Waals surface area contributed by atoms with Crippen LogP contribution in [0.4, 0.5) is 0 Å². The third-order valence-corrected chi connectivity index (χ3v) is 3.81. The molecule has 0 spiro atoms. The van der Waals surface area contributed by atoms with Gasteiger partial charge in [-0.25, -0.2) is 0 Å². The maximum Gasteiger partial charge on any atom is 0.0601 e. The van der Waals surface area contributed by atoms with E-state index >= 15 is 0 Å². The van der Waals surface area contributed by atoms with E-state index in [4.69, 9.17) is 0 Å². The summed E-state index contributed by atoms with van der Waals surface area (Å²) in [6.07, 6.45) is 4.94. The van der Waals surface area contributed by atoms with Crippen LogP contribution in [-0.4, -0.2) is 18.0 Å². The van der Waals surface area contributed by atoms with Gasteiger partial charge >= 0.3 is 0 Å². The fourth-order valence-corrected chi connectivity index (χ4v) is 2.91. The third-order valence-electron chi connectivity index (χ3n) is 3.81. The van der Waals surface area contributed by atoms with Crippen molar-refractivity contribution in [2.75, 3.05) is 13.1 Å². The minimum Gasteiger partial charge on any atom is -0.292 e. The average molecular weight is 250 g/mol. The highest BCUT2D eigenvalue weighted by atomic mass is 15.2. The Morgan fingerprint density at radius 2 is 1.37 bits per heavy atom. The Morgan fingerprint density at radius 3 is 1.84 bits per heavy atom. The Morgan fingerprint density at radius 1 is 0.789 bits per heavy atom. The van der Waals surface area contributed by atoms with Crippen LogP contribution in [0.25, 0.3) is 0 Å². The summed E-state index contributed by atoms with van der Waals surface area (Å²) in [6, 6.07) is 22.1. The van der Waals surface area contributed by atoms with Gasteiger partial charge in [-0.05, 0) is 36.9 Å². The number of nitrogens with zero attached hydrogens (tertiary/aromatic N) is 1. The Bertz CT molecular complexity index is 446. The van der Waals surface area contributed by atoms with Crippen LogP contribution >= 0.6 is 0 Å². The van der Waals surface area contributed by atoms with Crippen LogP contribution in [0.1, 0.15) is 30.0 Å². The first-order chi connectivity index (χ1) is 9.45. The number of rotatable bonds is 3. The number of benzene rings is 2. The maximum atomic E-state index is 2.58. The van der Waals surface area contributed by atoms with Crippen molar-refractivity contribution in [2.45, 2.75) is 18.9 Å². The van der Waals surface area contributed by atoms with Gasteiger partial charge in [0.05, 0.1) is 6.04 Å². The van der Waals surface area contributed by atoms with Crippen LogP contribution in [0, 0.1) is 6.42 Å². The van der Waals surface area contributed by atoms with Gasteiger partial charge in [0.1, 0.15) is 0 Å². The number of hydrogen-bond acceptors (Lipinski definition) is 1. The van der Waals surface area contributed by atoms with Gasteiger partial charge in [-0.2, -0.15) is 0 Å². The van der Waals surface area contributed by atoms with E-state index < -0.39 is 0 Å². The van der Waals surface area contributed by atoms with Crippen LogP contribution in [0.2, 0.25) is 0 Å². The van der Waals surface area contributed by atoms with Crippen LogP contribution in [-0.2, 0) is 0 Å². The third kappa shape index (κ3) is 2.87. The van der Waals surface area contributed by atoms with E-state index in [0.29, 0.717) is 6.04 Å². The highest BCUT2D eigenvalue weighted by molar-refractivity contribution is 5.32. The molecule has 0 saturated carbocycles. The van der Waals surface area contributed by atoms with E-state index in [1.807, 2.05) is 0 Å². The van der Waals surface area contributed by atoms with Gasteiger partial charge in [0, 0.05) is 6.54 Å². The second-order valence-electron chi connectivity index (χ2n) is 5.15. The second kappa shape index (κ2) is 6.03. The quantitative estimate of drug-likeness (QED) is 0.793. The first-order valence-electron chi connectivity index (χ1n) is 7.11. The minimum atomic E-state index is 0.388. The summed E-state index contributed by atoms with van der Waals surface area (Å²) in [5.41, 5.74) is 2.79. The molecule has 0 aromatic heterocycles. The van der Waals surface area contributed by atoms with E-state index in [1.54, 1.807) is 0 Å². The molecule has 3 rings (SSSR count). The molecule has 19 heavy (non-hydrogen) atoms. The summed E-state index contributed by atoms with van der Waals surface area (Å²) >= 11 is 0. The zero-order valence-corrected chi connectivity index (χ0v) is 11.2. The lowest BCUT2D eigenvalue weighted by Crippen LogP contribution is -2.34. The monoisotopic (exact) mass is 250 g/mol. The SMILES string of the molecule is [CH]1CCCN(C(c2ccccc2)c2ccccc2)C1. The van der Waals surface area contributed by atoms with Crippen molar-refractivity contribution >= 4 is 0 Å². The Balaban J connectivity index is 1.96. The van der Waals surface area contributed by atoms with Crippen LogP contribution in [0.5, 0.6) is 0 Å². The lowest BCUT2D eigenvalue weighted by Gasteiger charge is -2.35. The first kappa shape index (κ1) is 12.4. The molecule has 97 valence electrons. The molecule has 1 fully saturated rings. The standard InChI is InChI=1S/C18H20N/c1-4-10-16(11-5-1)18(17-12-6-2-7-13-17)19-14-8-3-9-15-19/h1-2,4-8,10-13,18H,3,9,14-15H2. The van der Waals surface area contributed by atoms with E-state index in [1.165, 1.54) is 30.5 Å². The van der Waals surface area contributed by atoms with Crippen molar-refractivity contribution in [1.29, 1.82) is 0 Å². The highest BCUT2D eigenvalue weighted by Crippen LogP contribution is 2.30. The molecule has 1 heteroatoms. The molecule has 1 nitrogen and oxygen atoms in total. The maximum absolute atomic E-state index is 2.58. The van der Waals surface area contributed by atoms with Crippen LogP contribution in [0.15, 0.2) is 60.7 Å². The van der Waals surface area contributed by atoms with Gasteiger partial charge in [-0.1, -0.05) is 60.7 Å². The van der Waals surface area contributed by atoms with E-state index in [-0.39, 0.29) is 0 Å². The summed E-state index contributed by atoms with van der Waals surface area (Å²) in [5.74, 6) is 0. The topological polar surface area (TPSA) is 3.24 Å². The summed E-state index contributed by atoms with van der Waals surface area (Å²) in [7, 11) is 0. The zero-order chi connectivity index (χ0) is 12.9. The van der Waals surface area contributed by atoms with Gasteiger partial charge in [0.15, 0.2) is 0 Å². The zero-order valence-electron chi connectivity index (χ0n) is 11.2. The van der Waals surface area contributed by atoms with Gasteiger partial charge < -0.3 is 0 Å². The smallest absolute Gasteiger partial charge is 0.0601 e. The molecule has 2 aromatic rings. The molecule has 1 radical (unpaired) electrons. The number of hydrogen-bond donors (Lipinski definition) is 0. The normalized spacial score (nSPS) is 16.7. The van der Waals surface area contributed by atoms with Crippen molar-refractivity contribution in [2.24, 2.45) is 0 Å². The summed E-state index contributed by atoms with van der Waals surface area (Å²) in [6.45, 7) is 2.28. The first-order valence-corrected chi connectivity index (χ1v) is 7.11. The van der Waals surface area contributed by atoms with Crippen LogP contribution in [0.3, 0.4) is 0 Å². The van der Waals surface area contributed by atoms with Crippen molar-refractivity contribution in [3.05, 3.63) is 78.2 Å². The fourth-order valence-electron chi connectivity index (χ4n) is 2.91. The lowest BCUT2D eigenvalue weighted by molar-refractivity contribution is 0.216. The molecule has 0 atom stereocenters. The van der Waals surface area contributed by atoms with Gasteiger partial charge in [0.2, 0.25) is 0 Å². The largest absolute Gasteiger partial charge is 0.292 e. The predicted molar refractivity (Wildman–Crippen MR) is 79.8 cm³/mol. The van der Waals surface area contributed by atoms with E-state index in [9.17, 15) is 0 Å². The summed E-state index contributed by atoms with van der Waals surface area (Å²) in [4.78, 5) is 2.58. The molecule has 0 bridgehead atoms. The van der Waals surface area contributed by atoms with Crippen LogP contribution < -0.4 is 0 Å². The molecule has 1 heterocycles. The Labute approximate surface area is 115 Å². The predicted octanol–water partition coefficient (Wildman–Crippen LogP) is 4.08. The Kier molecular flexibility index (Phi) is 3.95. The van der Waals surface area contributed by atoms with Gasteiger partial charge in [-0.3, -0.25) is 4.90 Å². The molecule has 1 aliphatic heterocycles. The molecular formula is C18H20N.